The predicted molar refractivity (Wildman–Crippen MR) is 68.5 cm³/mol. The molecule has 0 radical (unpaired) electrons. The van der Waals surface area contributed by atoms with E-state index in [0.717, 1.165) is 58.7 Å². The fourth-order valence-corrected chi connectivity index (χ4v) is 2.99. The number of nitrogens with one attached hydrogen (secondary N) is 1. The smallest absolute Gasteiger partial charge is 0.317 e. The maximum atomic E-state index is 12.0. The van der Waals surface area contributed by atoms with Crippen molar-refractivity contribution >= 4 is 6.03 Å². The van der Waals surface area contributed by atoms with E-state index in [0.29, 0.717) is 12.1 Å². The van der Waals surface area contributed by atoms with Gasteiger partial charge in [-0.1, -0.05) is 0 Å². The maximum absolute atomic E-state index is 12.0. The number of ether oxygens (including phenoxy) is 1. The van der Waals surface area contributed by atoms with Crippen molar-refractivity contribution in [3.8, 4) is 0 Å². The van der Waals surface area contributed by atoms with Crippen LogP contribution in [0.2, 0.25) is 0 Å². The molecule has 2 heterocycles. The number of nitrogens with zero attached hydrogens (tertiary/aromatic N) is 2. The molecule has 1 atom stereocenters. The zero-order valence-electron chi connectivity index (χ0n) is 10.9. The minimum absolute atomic E-state index is 0.149. The molecule has 1 aliphatic carbocycles. The number of carbonyl (C=O) groups is 1. The summed E-state index contributed by atoms with van der Waals surface area (Å²) >= 11 is 0. The summed E-state index contributed by atoms with van der Waals surface area (Å²) in [5, 5.41) is 3.13. The van der Waals surface area contributed by atoms with Crippen molar-refractivity contribution in [2.45, 2.75) is 37.8 Å². The molecule has 0 spiro atoms. The number of hydrogen-bond acceptors (Lipinski definition) is 3. The van der Waals surface area contributed by atoms with Crippen LogP contribution in [0.4, 0.5) is 4.79 Å². The molecule has 0 aromatic heterocycles. The molecule has 1 N–H and O–H groups in total. The summed E-state index contributed by atoms with van der Waals surface area (Å²) in [6.45, 7) is 5.50. The van der Waals surface area contributed by atoms with E-state index in [-0.39, 0.29) is 6.03 Å². The Labute approximate surface area is 108 Å². The highest BCUT2D eigenvalue weighted by molar-refractivity contribution is 5.75. The van der Waals surface area contributed by atoms with Crippen LogP contribution >= 0.6 is 0 Å². The molecular weight excluding hydrogens is 230 g/mol. The molecule has 18 heavy (non-hydrogen) atoms. The second-order valence-electron chi connectivity index (χ2n) is 5.61. The lowest BCUT2D eigenvalue weighted by atomic mass is 9.93. The monoisotopic (exact) mass is 253 g/mol. The van der Waals surface area contributed by atoms with Crippen molar-refractivity contribution in [1.29, 1.82) is 0 Å². The quantitative estimate of drug-likeness (QED) is 0.786. The van der Waals surface area contributed by atoms with Crippen LogP contribution in [0.1, 0.15) is 25.7 Å². The molecule has 3 fully saturated rings. The number of urea groups is 1. The number of amides is 2. The number of morpholine rings is 1. The highest BCUT2D eigenvalue weighted by atomic mass is 16.5. The molecule has 0 aromatic rings. The number of rotatable bonds is 2. The molecule has 5 nitrogen and oxygen atoms in total. The summed E-state index contributed by atoms with van der Waals surface area (Å²) < 4.78 is 5.37. The van der Waals surface area contributed by atoms with Crippen LogP contribution in [0, 0.1) is 0 Å². The number of carbonyl (C=O) groups excluding carboxylic acids is 1. The van der Waals surface area contributed by atoms with Gasteiger partial charge in [0.25, 0.3) is 0 Å². The van der Waals surface area contributed by atoms with Crippen molar-refractivity contribution < 1.29 is 9.53 Å². The van der Waals surface area contributed by atoms with Gasteiger partial charge in [0.2, 0.25) is 0 Å². The minimum atomic E-state index is 0.149. The molecular formula is C13H23N3O2. The van der Waals surface area contributed by atoms with Gasteiger partial charge in [-0.2, -0.15) is 0 Å². The van der Waals surface area contributed by atoms with Crippen LogP contribution in [-0.4, -0.2) is 67.3 Å². The van der Waals surface area contributed by atoms with Crippen LogP contribution in [0.5, 0.6) is 0 Å². The maximum Gasteiger partial charge on any atom is 0.317 e. The molecule has 102 valence electrons. The van der Waals surface area contributed by atoms with Crippen LogP contribution in [-0.2, 0) is 4.74 Å². The van der Waals surface area contributed by atoms with Gasteiger partial charge in [-0.05, 0) is 25.7 Å². The first kappa shape index (κ1) is 12.2. The highest BCUT2D eigenvalue weighted by Gasteiger charge is 2.32. The van der Waals surface area contributed by atoms with Crippen molar-refractivity contribution in [3.63, 3.8) is 0 Å². The van der Waals surface area contributed by atoms with E-state index in [1.165, 1.54) is 6.42 Å². The van der Waals surface area contributed by atoms with Crippen molar-refractivity contribution in [1.82, 2.24) is 15.1 Å². The minimum Gasteiger partial charge on any atom is -0.379 e. The largest absolute Gasteiger partial charge is 0.379 e. The topological polar surface area (TPSA) is 44.8 Å². The molecule has 3 rings (SSSR count). The third-order valence-corrected chi connectivity index (χ3v) is 4.45. The summed E-state index contributed by atoms with van der Waals surface area (Å²) in [4.78, 5) is 16.5. The first-order valence-corrected chi connectivity index (χ1v) is 7.20. The summed E-state index contributed by atoms with van der Waals surface area (Å²) in [5.74, 6) is 0. The number of hydrogen-bond donors (Lipinski definition) is 1. The Morgan fingerprint density at radius 3 is 2.56 bits per heavy atom. The SMILES string of the molecule is O=C(NC1CCC1)N1CCC(N2CCOCC2)C1. The second kappa shape index (κ2) is 5.45. The standard InChI is InChI=1S/C13H23N3O2/c17-13(14-11-2-1-3-11)16-5-4-12(10-16)15-6-8-18-9-7-15/h11-12H,1-10H2,(H,14,17). The lowest BCUT2D eigenvalue weighted by molar-refractivity contribution is 0.0191. The Morgan fingerprint density at radius 1 is 1.11 bits per heavy atom. The van der Waals surface area contributed by atoms with E-state index in [9.17, 15) is 4.79 Å². The van der Waals surface area contributed by atoms with Gasteiger partial charge in [0, 0.05) is 38.3 Å². The molecule has 5 heteroatoms. The molecule has 2 amide bonds. The van der Waals surface area contributed by atoms with Crippen LogP contribution < -0.4 is 5.32 Å². The Bertz CT molecular complexity index is 301. The lowest BCUT2D eigenvalue weighted by Crippen LogP contribution is -2.49. The van der Waals surface area contributed by atoms with Gasteiger partial charge in [0.05, 0.1) is 13.2 Å². The van der Waals surface area contributed by atoms with Gasteiger partial charge in [0.15, 0.2) is 0 Å². The molecule has 2 aliphatic heterocycles. The number of likely N-dealkylation sites (tertiary alicyclic amines) is 1. The van der Waals surface area contributed by atoms with Crippen molar-refractivity contribution in [2.24, 2.45) is 0 Å². The summed E-state index contributed by atoms with van der Waals surface area (Å²) in [6.07, 6.45) is 4.69. The van der Waals surface area contributed by atoms with E-state index in [1.807, 2.05) is 4.90 Å². The van der Waals surface area contributed by atoms with Gasteiger partial charge in [-0.15, -0.1) is 0 Å². The predicted octanol–water partition coefficient (Wildman–Crippen LogP) is 0.655. The Morgan fingerprint density at radius 2 is 1.89 bits per heavy atom. The first-order chi connectivity index (χ1) is 8.83. The van der Waals surface area contributed by atoms with E-state index < -0.39 is 0 Å². The molecule has 1 saturated carbocycles. The molecule has 1 unspecified atom stereocenters. The van der Waals surface area contributed by atoms with E-state index in [1.54, 1.807) is 0 Å². The molecule has 2 saturated heterocycles. The third-order valence-electron chi connectivity index (χ3n) is 4.45. The Kier molecular flexibility index (Phi) is 3.70. The van der Waals surface area contributed by atoms with Gasteiger partial charge >= 0.3 is 6.03 Å². The first-order valence-electron chi connectivity index (χ1n) is 7.20. The van der Waals surface area contributed by atoms with Gasteiger partial charge < -0.3 is 15.0 Å². The highest BCUT2D eigenvalue weighted by Crippen LogP contribution is 2.20. The zero-order valence-corrected chi connectivity index (χ0v) is 10.9. The van der Waals surface area contributed by atoms with Crippen molar-refractivity contribution in [3.05, 3.63) is 0 Å². The van der Waals surface area contributed by atoms with Crippen LogP contribution in [0.15, 0.2) is 0 Å². The van der Waals surface area contributed by atoms with Gasteiger partial charge in [-0.3, -0.25) is 4.90 Å². The fraction of sp³-hybridized carbons (Fsp3) is 0.923. The average molecular weight is 253 g/mol. The molecule has 0 aromatic carbocycles. The summed E-state index contributed by atoms with van der Waals surface area (Å²) in [7, 11) is 0. The average Bonchev–Trinajstić information content (AvgIpc) is 2.84. The molecule has 3 aliphatic rings. The van der Waals surface area contributed by atoms with Gasteiger partial charge in [-0.25, -0.2) is 4.79 Å². The van der Waals surface area contributed by atoms with Gasteiger partial charge in [0.1, 0.15) is 0 Å². The van der Waals surface area contributed by atoms with Crippen molar-refractivity contribution in [2.75, 3.05) is 39.4 Å². The Balaban J connectivity index is 1.46. The third kappa shape index (κ3) is 2.62. The summed E-state index contributed by atoms with van der Waals surface area (Å²) in [5.41, 5.74) is 0. The van der Waals surface area contributed by atoms with Crippen LogP contribution in [0.3, 0.4) is 0 Å². The fourth-order valence-electron chi connectivity index (χ4n) is 2.99. The van der Waals surface area contributed by atoms with Crippen LogP contribution in [0.25, 0.3) is 0 Å². The molecule has 0 bridgehead atoms. The lowest BCUT2D eigenvalue weighted by Gasteiger charge is -2.32. The van der Waals surface area contributed by atoms with E-state index in [4.69, 9.17) is 4.74 Å². The van der Waals surface area contributed by atoms with E-state index >= 15 is 0 Å². The van der Waals surface area contributed by atoms with E-state index in [2.05, 4.69) is 10.2 Å². The normalized spacial score (nSPS) is 30.2. The Hall–Kier alpha value is -0.810. The second-order valence-corrected chi connectivity index (χ2v) is 5.61. The zero-order chi connectivity index (χ0) is 12.4. The summed E-state index contributed by atoms with van der Waals surface area (Å²) in [6, 6.07) is 1.14.